The van der Waals surface area contributed by atoms with Gasteiger partial charge in [-0.2, -0.15) is 0 Å². The van der Waals surface area contributed by atoms with Crippen LogP contribution in [0, 0.1) is 0 Å². The van der Waals surface area contributed by atoms with E-state index in [1.54, 1.807) is 0 Å². The van der Waals surface area contributed by atoms with Crippen LogP contribution in [0.25, 0.3) is 0 Å². The summed E-state index contributed by atoms with van der Waals surface area (Å²) in [6.07, 6.45) is 7.02. The van der Waals surface area contributed by atoms with Crippen LogP contribution in [0.5, 0.6) is 0 Å². The van der Waals surface area contributed by atoms with E-state index in [9.17, 15) is 0 Å². The maximum atomic E-state index is 5.65. The summed E-state index contributed by atoms with van der Waals surface area (Å²) in [5.74, 6) is 1.12. The lowest BCUT2D eigenvalue weighted by atomic mass is 9.88. The second-order valence-electron chi connectivity index (χ2n) is 6.58. The second kappa shape index (κ2) is 5.91. The summed E-state index contributed by atoms with van der Waals surface area (Å²) < 4.78 is 0. The van der Waals surface area contributed by atoms with Crippen molar-refractivity contribution in [2.75, 3.05) is 18.0 Å². The summed E-state index contributed by atoms with van der Waals surface area (Å²) in [6.45, 7) is 8.46. The molecular weight excluding hydrogens is 234 g/mol. The van der Waals surface area contributed by atoms with E-state index in [1.807, 2.05) is 6.20 Å². The van der Waals surface area contributed by atoms with Gasteiger partial charge in [-0.25, -0.2) is 4.98 Å². The largest absolute Gasteiger partial charge is 0.354 e. The number of nitrogens with two attached hydrogens (primary N) is 1. The first-order valence-electron chi connectivity index (χ1n) is 7.45. The number of pyridine rings is 1. The molecule has 2 N–H and O–H groups in total. The molecule has 19 heavy (non-hydrogen) atoms. The molecule has 1 aromatic heterocycles. The Kier molecular flexibility index (Phi) is 4.46. The molecule has 0 amide bonds. The minimum absolute atomic E-state index is 0.171. The van der Waals surface area contributed by atoms with Crippen molar-refractivity contribution in [3.63, 3.8) is 0 Å². The van der Waals surface area contributed by atoms with Gasteiger partial charge in [0.15, 0.2) is 0 Å². The maximum absolute atomic E-state index is 5.65. The summed E-state index contributed by atoms with van der Waals surface area (Å²) in [5.41, 5.74) is 7.11. The van der Waals surface area contributed by atoms with E-state index < -0.39 is 0 Å². The van der Waals surface area contributed by atoms with E-state index in [2.05, 4.69) is 42.8 Å². The third-order valence-electron chi connectivity index (χ3n) is 4.03. The van der Waals surface area contributed by atoms with E-state index in [1.165, 1.54) is 24.8 Å². The lowest BCUT2D eigenvalue weighted by Crippen LogP contribution is -2.42. The molecule has 0 spiro atoms. The van der Waals surface area contributed by atoms with Crippen LogP contribution in [0.1, 0.15) is 52.0 Å². The Morgan fingerprint density at radius 1 is 1.32 bits per heavy atom. The molecule has 3 nitrogen and oxygen atoms in total. The van der Waals surface area contributed by atoms with E-state index in [0.29, 0.717) is 6.04 Å². The van der Waals surface area contributed by atoms with Crippen molar-refractivity contribution >= 4 is 5.82 Å². The van der Waals surface area contributed by atoms with Crippen molar-refractivity contribution < 1.29 is 0 Å². The molecule has 1 fully saturated rings. The fourth-order valence-electron chi connectivity index (χ4n) is 2.44. The summed E-state index contributed by atoms with van der Waals surface area (Å²) in [7, 11) is 0. The highest BCUT2D eigenvalue weighted by atomic mass is 15.2. The first kappa shape index (κ1) is 14.3. The van der Waals surface area contributed by atoms with Crippen LogP contribution < -0.4 is 10.6 Å². The zero-order chi connectivity index (χ0) is 13.9. The van der Waals surface area contributed by atoms with Crippen molar-refractivity contribution in [1.82, 2.24) is 4.98 Å². The van der Waals surface area contributed by atoms with Crippen LogP contribution >= 0.6 is 0 Å². The highest BCUT2D eigenvalue weighted by Crippen LogP contribution is 2.30. The van der Waals surface area contributed by atoms with Gasteiger partial charge in [0.25, 0.3) is 0 Å². The lowest BCUT2D eigenvalue weighted by molar-refractivity contribution is 0.382. The van der Waals surface area contributed by atoms with Gasteiger partial charge < -0.3 is 10.6 Å². The maximum Gasteiger partial charge on any atom is 0.128 e. The zero-order valence-corrected chi connectivity index (χ0v) is 12.5. The first-order chi connectivity index (χ1) is 9.02. The van der Waals surface area contributed by atoms with Gasteiger partial charge in [-0.05, 0) is 49.3 Å². The predicted octanol–water partition coefficient (Wildman–Crippen LogP) is 3.09. The lowest BCUT2D eigenvalue weighted by Gasteiger charge is -2.38. The summed E-state index contributed by atoms with van der Waals surface area (Å²) in [4.78, 5) is 7.13. The SMILES string of the molecule is CC(C)(C)c1ccc(N(CCCN)C2CCC2)nc1. The van der Waals surface area contributed by atoms with Crippen molar-refractivity contribution in [2.45, 2.75) is 57.9 Å². The van der Waals surface area contributed by atoms with Gasteiger partial charge in [0, 0.05) is 18.8 Å². The Hall–Kier alpha value is -1.09. The molecule has 0 saturated heterocycles. The summed E-state index contributed by atoms with van der Waals surface area (Å²) in [5, 5.41) is 0. The van der Waals surface area contributed by atoms with Gasteiger partial charge >= 0.3 is 0 Å². The molecule has 1 saturated carbocycles. The van der Waals surface area contributed by atoms with Gasteiger partial charge in [-0.1, -0.05) is 26.8 Å². The van der Waals surface area contributed by atoms with Crippen molar-refractivity contribution in [3.8, 4) is 0 Å². The Morgan fingerprint density at radius 2 is 2.05 bits per heavy atom. The van der Waals surface area contributed by atoms with Crippen molar-refractivity contribution in [2.24, 2.45) is 5.73 Å². The third-order valence-corrected chi connectivity index (χ3v) is 4.03. The summed E-state index contributed by atoms with van der Waals surface area (Å²) >= 11 is 0. The Bertz CT molecular complexity index is 387. The van der Waals surface area contributed by atoms with E-state index in [0.717, 1.165) is 25.3 Å². The molecule has 0 unspecified atom stereocenters. The number of hydrogen-bond donors (Lipinski definition) is 1. The second-order valence-corrected chi connectivity index (χ2v) is 6.58. The standard InChI is InChI=1S/C16H27N3/c1-16(2,3)13-8-9-15(18-12-13)19(11-5-10-17)14-6-4-7-14/h8-9,12,14H,4-7,10-11,17H2,1-3H3. The highest BCUT2D eigenvalue weighted by Gasteiger charge is 2.25. The van der Waals surface area contributed by atoms with Crippen LogP contribution in [0.2, 0.25) is 0 Å². The van der Waals surface area contributed by atoms with Crippen molar-refractivity contribution in [1.29, 1.82) is 0 Å². The van der Waals surface area contributed by atoms with Gasteiger partial charge in [-0.15, -0.1) is 0 Å². The average molecular weight is 261 g/mol. The molecule has 1 aliphatic carbocycles. The molecule has 0 radical (unpaired) electrons. The molecule has 1 aromatic rings. The normalized spacial score (nSPS) is 16.2. The number of nitrogens with zero attached hydrogens (tertiary/aromatic N) is 2. The van der Waals surface area contributed by atoms with Crippen LogP contribution in [0.15, 0.2) is 18.3 Å². The molecule has 0 bridgehead atoms. The zero-order valence-electron chi connectivity index (χ0n) is 12.5. The highest BCUT2D eigenvalue weighted by molar-refractivity contribution is 5.42. The molecule has 0 aliphatic heterocycles. The van der Waals surface area contributed by atoms with Crippen LogP contribution in [-0.2, 0) is 5.41 Å². The van der Waals surface area contributed by atoms with Gasteiger partial charge in [0.1, 0.15) is 5.82 Å². The van der Waals surface area contributed by atoms with Gasteiger partial charge in [0.2, 0.25) is 0 Å². The summed E-state index contributed by atoms with van der Waals surface area (Å²) in [6, 6.07) is 5.07. The molecule has 0 aromatic carbocycles. The Morgan fingerprint density at radius 3 is 2.47 bits per heavy atom. The van der Waals surface area contributed by atoms with Gasteiger partial charge in [0.05, 0.1) is 0 Å². The average Bonchev–Trinajstić information content (AvgIpc) is 2.31. The molecule has 106 valence electrons. The molecule has 2 rings (SSSR count). The molecule has 3 heteroatoms. The smallest absolute Gasteiger partial charge is 0.128 e. The third kappa shape index (κ3) is 3.47. The Labute approximate surface area is 117 Å². The molecule has 0 atom stereocenters. The van der Waals surface area contributed by atoms with Gasteiger partial charge in [-0.3, -0.25) is 0 Å². The minimum Gasteiger partial charge on any atom is -0.354 e. The molecule has 1 heterocycles. The Balaban J connectivity index is 2.12. The van der Waals surface area contributed by atoms with E-state index >= 15 is 0 Å². The van der Waals surface area contributed by atoms with Crippen LogP contribution in [-0.4, -0.2) is 24.1 Å². The molecular formula is C16H27N3. The number of hydrogen-bond acceptors (Lipinski definition) is 3. The quantitative estimate of drug-likeness (QED) is 0.885. The fraction of sp³-hybridized carbons (Fsp3) is 0.688. The number of anilines is 1. The van der Waals surface area contributed by atoms with E-state index in [4.69, 9.17) is 5.73 Å². The monoisotopic (exact) mass is 261 g/mol. The first-order valence-corrected chi connectivity index (χ1v) is 7.45. The minimum atomic E-state index is 0.171. The van der Waals surface area contributed by atoms with Crippen LogP contribution in [0.4, 0.5) is 5.82 Å². The number of aromatic nitrogens is 1. The number of rotatable bonds is 5. The van der Waals surface area contributed by atoms with E-state index in [-0.39, 0.29) is 5.41 Å². The van der Waals surface area contributed by atoms with Crippen molar-refractivity contribution in [3.05, 3.63) is 23.9 Å². The topological polar surface area (TPSA) is 42.1 Å². The molecule has 1 aliphatic rings. The predicted molar refractivity (Wildman–Crippen MR) is 81.6 cm³/mol. The van der Waals surface area contributed by atoms with Crippen LogP contribution in [0.3, 0.4) is 0 Å². The fourth-order valence-corrected chi connectivity index (χ4v) is 2.44.